The molecule has 0 fully saturated rings. The van der Waals surface area contributed by atoms with Gasteiger partial charge in [-0.3, -0.25) is 0 Å². The summed E-state index contributed by atoms with van der Waals surface area (Å²) in [5.41, 5.74) is 1.24. The molecule has 1 heterocycles. The highest BCUT2D eigenvalue weighted by Gasteiger charge is 2.15. The quantitative estimate of drug-likeness (QED) is 0.726. The van der Waals surface area contributed by atoms with E-state index in [0.717, 1.165) is 31.1 Å². The van der Waals surface area contributed by atoms with Crippen LogP contribution in [0.5, 0.6) is 0 Å². The Morgan fingerprint density at radius 1 is 1.47 bits per heavy atom. The Morgan fingerprint density at radius 3 is 2.76 bits per heavy atom. The van der Waals surface area contributed by atoms with Crippen molar-refractivity contribution in [1.29, 1.82) is 0 Å². The lowest BCUT2D eigenvalue weighted by atomic mass is 9.91. The maximum atomic E-state index is 5.03. The molecule has 0 saturated carbocycles. The Balaban J connectivity index is 2.38. The molecule has 0 aliphatic carbocycles. The summed E-state index contributed by atoms with van der Waals surface area (Å²) in [6.45, 7) is 9.37. The van der Waals surface area contributed by atoms with Crippen LogP contribution in [0.2, 0.25) is 0 Å². The van der Waals surface area contributed by atoms with Gasteiger partial charge in [-0.1, -0.05) is 13.8 Å². The first kappa shape index (κ1) is 14.6. The Kier molecular flexibility index (Phi) is 6.70. The molecule has 0 aliphatic heterocycles. The fourth-order valence-electron chi connectivity index (χ4n) is 1.78. The molecule has 1 aromatic heterocycles. The molecule has 0 saturated heterocycles. The van der Waals surface area contributed by atoms with E-state index in [1.54, 1.807) is 18.4 Å². The predicted octanol–water partition coefficient (Wildman–Crippen LogP) is 2.50. The maximum absolute atomic E-state index is 5.03. The molecule has 4 heteroatoms. The second kappa shape index (κ2) is 7.80. The normalized spacial score (nSPS) is 13.2. The summed E-state index contributed by atoms with van der Waals surface area (Å²) < 4.78 is 5.03. The van der Waals surface area contributed by atoms with Crippen LogP contribution in [0.4, 0.5) is 0 Å². The van der Waals surface area contributed by atoms with Crippen molar-refractivity contribution in [2.24, 2.45) is 11.8 Å². The summed E-state index contributed by atoms with van der Waals surface area (Å²) in [5.74, 6) is 1.32. The standard InChI is InChI=1S/C13H24N2OS/c1-10(2)12(8-14-5-6-16-4)7-13-9-17-11(3)15-13/h9-10,12,14H,5-8H2,1-4H3. The van der Waals surface area contributed by atoms with E-state index in [9.17, 15) is 0 Å². The first-order chi connectivity index (χ1) is 8.13. The van der Waals surface area contributed by atoms with Crippen molar-refractivity contribution in [3.05, 3.63) is 16.1 Å². The zero-order valence-corrected chi connectivity index (χ0v) is 12.1. The van der Waals surface area contributed by atoms with E-state index in [1.807, 2.05) is 0 Å². The van der Waals surface area contributed by atoms with Gasteiger partial charge in [-0.2, -0.15) is 0 Å². The van der Waals surface area contributed by atoms with E-state index < -0.39 is 0 Å². The number of thiazole rings is 1. The van der Waals surface area contributed by atoms with Crippen molar-refractivity contribution < 1.29 is 4.74 Å². The maximum Gasteiger partial charge on any atom is 0.0897 e. The van der Waals surface area contributed by atoms with Gasteiger partial charge < -0.3 is 10.1 Å². The number of aryl methyl sites for hydroxylation is 1. The number of ether oxygens (including phenoxy) is 1. The average Bonchev–Trinajstić information content (AvgIpc) is 2.68. The minimum Gasteiger partial charge on any atom is -0.383 e. The van der Waals surface area contributed by atoms with Crippen molar-refractivity contribution in [3.63, 3.8) is 0 Å². The minimum absolute atomic E-state index is 0.647. The van der Waals surface area contributed by atoms with E-state index in [2.05, 4.69) is 36.5 Å². The molecule has 1 atom stereocenters. The predicted molar refractivity (Wildman–Crippen MR) is 73.6 cm³/mol. The third-order valence-electron chi connectivity index (χ3n) is 2.97. The van der Waals surface area contributed by atoms with Crippen molar-refractivity contribution in [1.82, 2.24) is 10.3 Å². The van der Waals surface area contributed by atoms with Gasteiger partial charge in [0.2, 0.25) is 0 Å². The molecule has 1 unspecified atom stereocenters. The first-order valence-electron chi connectivity index (χ1n) is 6.24. The lowest BCUT2D eigenvalue weighted by Crippen LogP contribution is -2.30. The Labute approximate surface area is 109 Å². The molecule has 0 amide bonds. The van der Waals surface area contributed by atoms with E-state index in [1.165, 1.54) is 5.69 Å². The summed E-state index contributed by atoms with van der Waals surface area (Å²) in [6, 6.07) is 0. The number of nitrogens with zero attached hydrogens (tertiary/aromatic N) is 1. The lowest BCUT2D eigenvalue weighted by Gasteiger charge is -2.20. The Hall–Kier alpha value is -0.450. The van der Waals surface area contributed by atoms with E-state index in [-0.39, 0.29) is 0 Å². The number of hydrogen-bond donors (Lipinski definition) is 1. The molecule has 0 bridgehead atoms. The summed E-state index contributed by atoms with van der Waals surface area (Å²) in [7, 11) is 1.74. The highest BCUT2D eigenvalue weighted by molar-refractivity contribution is 7.09. The first-order valence-corrected chi connectivity index (χ1v) is 7.12. The summed E-state index contributed by atoms with van der Waals surface area (Å²) in [4.78, 5) is 4.54. The number of methoxy groups -OCH3 is 1. The van der Waals surface area contributed by atoms with Crippen LogP contribution in [0, 0.1) is 18.8 Å². The third kappa shape index (κ3) is 5.61. The number of aromatic nitrogens is 1. The van der Waals surface area contributed by atoms with Crippen LogP contribution in [-0.2, 0) is 11.2 Å². The molecule has 0 spiro atoms. The van der Waals surface area contributed by atoms with Crippen LogP contribution < -0.4 is 5.32 Å². The second-order valence-corrected chi connectivity index (χ2v) is 5.83. The summed E-state index contributed by atoms with van der Waals surface area (Å²) in [6.07, 6.45) is 1.07. The van der Waals surface area contributed by atoms with E-state index in [0.29, 0.717) is 11.8 Å². The lowest BCUT2D eigenvalue weighted by molar-refractivity contribution is 0.196. The van der Waals surface area contributed by atoms with Gasteiger partial charge in [0, 0.05) is 19.0 Å². The van der Waals surface area contributed by atoms with Crippen LogP contribution in [0.3, 0.4) is 0 Å². The zero-order chi connectivity index (χ0) is 12.7. The molecule has 1 rings (SSSR count). The zero-order valence-electron chi connectivity index (χ0n) is 11.3. The van der Waals surface area contributed by atoms with Gasteiger partial charge in [-0.25, -0.2) is 4.98 Å². The van der Waals surface area contributed by atoms with Gasteiger partial charge in [0.15, 0.2) is 0 Å². The van der Waals surface area contributed by atoms with Crippen molar-refractivity contribution in [2.45, 2.75) is 27.2 Å². The highest BCUT2D eigenvalue weighted by Crippen LogP contribution is 2.18. The molecule has 1 aromatic rings. The molecule has 17 heavy (non-hydrogen) atoms. The van der Waals surface area contributed by atoms with Crippen LogP contribution in [0.15, 0.2) is 5.38 Å². The number of rotatable bonds is 8. The molecule has 1 N–H and O–H groups in total. The summed E-state index contributed by atoms with van der Waals surface area (Å²) >= 11 is 1.74. The van der Waals surface area contributed by atoms with E-state index in [4.69, 9.17) is 4.74 Å². The fourth-order valence-corrected chi connectivity index (χ4v) is 2.40. The highest BCUT2D eigenvalue weighted by atomic mass is 32.1. The van der Waals surface area contributed by atoms with Crippen LogP contribution in [0.1, 0.15) is 24.5 Å². The van der Waals surface area contributed by atoms with Crippen LogP contribution in [0.25, 0.3) is 0 Å². The Bertz CT molecular complexity index is 312. The monoisotopic (exact) mass is 256 g/mol. The number of hydrogen-bond acceptors (Lipinski definition) is 4. The molecule has 0 aromatic carbocycles. The van der Waals surface area contributed by atoms with Gasteiger partial charge >= 0.3 is 0 Å². The Morgan fingerprint density at radius 2 is 2.24 bits per heavy atom. The largest absolute Gasteiger partial charge is 0.383 e. The minimum atomic E-state index is 0.647. The van der Waals surface area contributed by atoms with Crippen LogP contribution >= 0.6 is 11.3 Å². The summed E-state index contributed by atoms with van der Waals surface area (Å²) in [5, 5.41) is 6.79. The molecule has 0 radical (unpaired) electrons. The number of nitrogens with one attached hydrogen (secondary N) is 1. The molecule has 0 aliphatic rings. The van der Waals surface area contributed by atoms with Gasteiger partial charge in [-0.05, 0) is 31.7 Å². The SMILES string of the molecule is COCCNCC(Cc1csc(C)n1)C(C)C. The topological polar surface area (TPSA) is 34.1 Å². The fraction of sp³-hybridized carbons (Fsp3) is 0.769. The molecule has 98 valence electrons. The van der Waals surface area contributed by atoms with Crippen molar-refractivity contribution in [2.75, 3.05) is 26.8 Å². The smallest absolute Gasteiger partial charge is 0.0897 e. The van der Waals surface area contributed by atoms with Gasteiger partial charge in [0.25, 0.3) is 0 Å². The average molecular weight is 256 g/mol. The molecule has 3 nitrogen and oxygen atoms in total. The van der Waals surface area contributed by atoms with Crippen molar-refractivity contribution in [3.8, 4) is 0 Å². The van der Waals surface area contributed by atoms with Crippen LogP contribution in [-0.4, -0.2) is 31.8 Å². The van der Waals surface area contributed by atoms with Gasteiger partial charge in [0.1, 0.15) is 0 Å². The second-order valence-electron chi connectivity index (χ2n) is 4.76. The molecular formula is C13H24N2OS. The third-order valence-corrected chi connectivity index (χ3v) is 3.79. The molecular weight excluding hydrogens is 232 g/mol. The van der Waals surface area contributed by atoms with E-state index >= 15 is 0 Å². The van der Waals surface area contributed by atoms with Gasteiger partial charge in [0.05, 0.1) is 17.3 Å². The van der Waals surface area contributed by atoms with Gasteiger partial charge in [-0.15, -0.1) is 11.3 Å². The van der Waals surface area contributed by atoms with Crippen molar-refractivity contribution >= 4 is 11.3 Å².